The lowest BCUT2D eigenvalue weighted by molar-refractivity contribution is -0.146. The van der Waals surface area contributed by atoms with Crippen molar-refractivity contribution in [2.75, 3.05) is 7.11 Å². The first-order valence-corrected chi connectivity index (χ1v) is 5.49. The van der Waals surface area contributed by atoms with Crippen molar-refractivity contribution in [1.29, 1.82) is 0 Å². The Morgan fingerprint density at radius 3 is 2.59 bits per heavy atom. The highest BCUT2D eigenvalue weighted by atomic mass is 19.1. The predicted molar refractivity (Wildman–Crippen MR) is 58.9 cm³/mol. The minimum absolute atomic E-state index is 0.0204. The van der Waals surface area contributed by atoms with E-state index < -0.39 is 11.8 Å². The summed E-state index contributed by atoms with van der Waals surface area (Å²) in [5.41, 5.74) is 0.685. The zero-order chi connectivity index (χ0) is 12.4. The number of rotatable bonds is 2. The van der Waals surface area contributed by atoms with Gasteiger partial charge in [-0.2, -0.15) is 0 Å². The van der Waals surface area contributed by atoms with E-state index in [-0.39, 0.29) is 17.6 Å². The highest BCUT2D eigenvalue weighted by molar-refractivity contribution is 5.94. The predicted octanol–water partition coefficient (Wildman–Crippen LogP) is 2.06. The third kappa shape index (κ3) is 2.20. The molecule has 0 aliphatic heterocycles. The van der Waals surface area contributed by atoms with Gasteiger partial charge in [0, 0.05) is 6.42 Å². The molecular formula is C13H13FO3. The summed E-state index contributed by atoms with van der Waals surface area (Å²) in [5.74, 6) is -1.62. The SMILES string of the molecule is COC(=O)[C@H]1CCC(=O)[C@@H]1c1ccc(F)cc1. The second-order valence-corrected chi connectivity index (χ2v) is 4.16. The van der Waals surface area contributed by atoms with E-state index in [2.05, 4.69) is 0 Å². The molecular weight excluding hydrogens is 223 g/mol. The molecule has 0 spiro atoms. The van der Waals surface area contributed by atoms with E-state index in [1.165, 1.54) is 19.2 Å². The van der Waals surface area contributed by atoms with Crippen LogP contribution in [0.3, 0.4) is 0 Å². The number of carbonyl (C=O) groups is 2. The lowest BCUT2D eigenvalue weighted by atomic mass is 9.88. The van der Waals surface area contributed by atoms with Gasteiger partial charge in [-0.05, 0) is 24.1 Å². The van der Waals surface area contributed by atoms with Gasteiger partial charge in [-0.25, -0.2) is 4.39 Å². The molecule has 1 fully saturated rings. The number of carbonyl (C=O) groups excluding carboxylic acids is 2. The number of hydrogen-bond acceptors (Lipinski definition) is 3. The molecule has 0 N–H and O–H groups in total. The van der Waals surface area contributed by atoms with Gasteiger partial charge in [0.1, 0.15) is 11.6 Å². The molecule has 0 amide bonds. The molecule has 0 saturated heterocycles. The number of methoxy groups -OCH3 is 1. The Kier molecular flexibility index (Phi) is 3.22. The summed E-state index contributed by atoms with van der Waals surface area (Å²) in [6.45, 7) is 0. The van der Waals surface area contributed by atoms with Crippen LogP contribution in [-0.2, 0) is 14.3 Å². The molecule has 90 valence electrons. The van der Waals surface area contributed by atoms with Crippen molar-refractivity contribution < 1.29 is 18.7 Å². The molecule has 0 aromatic heterocycles. The number of ketones is 1. The van der Waals surface area contributed by atoms with Crippen LogP contribution in [0.1, 0.15) is 24.3 Å². The van der Waals surface area contributed by atoms with Gasteiger partial charge >= 0.3 is 5.97 Å². The Labute approximate surface area is 98.6 Å². The molecule has 3 nitrogen and oxygen atoms in total. The first kappa shape index (κ1) is 11.8. The van der Waals surface area contributed by atoms with Crippen molar-refractivity contribution in [3.8, 4) is 0 Å². The van der Waals surface area contributed by atoms with Crippen LogP contribution < -0.4 is 0 Å². The van der Waals surface area contributed by atoms with E-state index in [1.54, 1.807) is 12.1 Å². The maximum atomic E-state index is 12.8. The molecule has 17 heavy (non-hydrogen) atoms. The number of Topliss-reactive ketones (excluding diaryl/α,β-unsaturated/α-hetero) is 1. The van der Waals surface area contributed by atoms with Crippen molar-refractivity contribution in [2.24, 2.45) is 5.92 Å². The molecule has 2 atom stereocenters. The maximum absolute atomic E-state index is 12.8. The largest absolute Gasteiger partial charge is 0.469 e. The molecule has 0 heterocycles. The Bertz CT molecular complexity index is 438. The molecule has 4 heteroatoms. The zero-order valence-corrected chi connectivity index (χ0v) is 9.48. The lowest BCUT2D eigenvalue weighted by Crippen LogP contribution is -2.22. The van der Waals surface area contributed by atoms with Crippen molar-refractivity contribution in [2.45, 2.75) is 18.8 Å². The topological polar surface area (TPSA) is 43.4 Å². The van der Waals surface area contributed by atoms with E-state index in [1.807, 2.05) is 0 Å². The molecule has 1 saturated carbocycles. The highest BCUT2D eigenvalue weighted by Gasteiger charge is 2.40. The number of hydrogen-bond donors (Lipinski definition) is 0. The summed E-state index contributed by atoms with van der Waals surface area (Å²) in [7, 11) is 1.31. The summed E-state index contributed by atoms with van der Waals surface area (Å²) < 4.78 is 17.5. The fraction of sp³-hybridized carbons (Fsp3) is 0.385. The van der Waals surface area contributed by atoms with Crippen molar-refractivity contribution >= 4 is 11.8 Å². The second-order valence-electron chi connectivity index (χ2n) is 4.16. The Hall–Kier alpha value is -1.71. The Balaban J connectivity index is 2.30. The average molecular weight is 236 g/mol. The van der Waals surface area contributed by atoms with Crippen LogP contribution in [0.25, 0.3) is 0 Å². The van der Waals surface area contributed by atoms with Gasteiger partial charge in [0.15, 0.2) is 0 Å². The van der Waals surface area contributed by atoms with Gasteiger partial charge in [-0.1, -0.05) is 12.1 Å². The van der Waals surface area contributed by atoms with Crippen LogP contribution in [0.2, 0.25) is 0 Å². The summed E-state index contributed by atoms with van der Waals surface area (Å²) in [4.78, 5) is 23.4. The minimum atomic E-state index is -0.483. The fourth-order valence-electron chi connectivity index (χ4n) is 2.34. The zero-order valence-electron chi connectivity index (χ0n) is 9.48. The van der Waals surface area contributed by atoms with Crippen molar-refractivity contribution in [3.05, 3.63) is 35.6 Å². The van der Waals surface area contributed by atoms with E-state index in [0.717, 1.165) is 0 Å². The second kappa shape index (κ2) is 4.65. The molecule has 1 aliphatic rings. The molecule has 1 aliphatic carbocycles. The number of esters is 1. The normalized spacial score (nSPS) is 23.8. The smallest absolute Gasteiger partial charge is 0.309 e. The number of benzene rings is 1. The van der Waals surface area contributed by atoms with Crippen LogP contribution in [0, 0.1) is 11.7 Å². The van der Waals surface area contributed by atoms with E-state index in [0.29, 0.717) is 18.4 Å². The maximum Gasteiger partial charge on any atom is 0.309 e. The number of halogens is 1. The minimum Gasteiger partial charge on any atom is -0.469 e. The van der Waals surface area contributed by atoms with Crippen LogP contribution in [0.15, 0.2) is 24.3 Å². The lowest BCUT2D eigenvalue weighted by Gasteiger charge is -2.16. The Morgan fingerprint density at radius 2 is 2.00 bits per heavy atom. The summed E-state index contributed by atoms with van der Waals surface area (Å²) >= 11 is 0. The molecule has 0 radical (unpaired) electrons. The summed E-state index contributed by atoms with van der Waals surface area (Å²) in [5, 5.41) is 0. The molecule has 1 aromatic carbocycles. The van der Waals surface area contributed by atoms with Gasteiger partial charge in [0.25, 0.3) is 0 Å². The Morgan fingerprint density at radius 1 is 1.35 bits per heavy atom. The monoisotopic (exact) mass is 236 g/mol. The van der Waals surface area contributed by atoms with Gasteiger partial charge in [-0.3, -0.25) is 9.59 Å². The van der Waals surface area contributed by atoms with Gasteiger partial charge in [-0.15, -0.1) is 0 Å². The standard InChI is InChI=1S/C13H13FO3/c1-17-13(16)10-6-7-11(15)12(10)8-2-4-9(14)5-3-8/h2-5,10,12H,6-7H2,1H3/t10-,12+/m0/s1. The molecule has 0 unspecified atom stereocenters. The number of ether oxygens (including phenoxy) is 1. The van der Waals surface area contributed by atoms with Crippen LogP contribution >= 0.6 is 0 Å². The third-order valence-electron chi connectivity index (χ3n) is 3.18. The van der Waals surface area contributed by atoms with Gasteiger partial charge in [0.2, 0.25) is 0 Å². The fourth-order valence-corrected chi connectivity index (χ4v) is 2.34. The third-order valence-corrected chi connectivity index (χ3v) is 3.18. The van der Waals surface area contributed by atoms with Gasteiger partial charge < -0.3 is 4.74 Å². The van der Waals surface area contributed by atoms with Crippen LogP contribution in [0.4, 0.5) is 4.39 Å². The van der Waals surface area contributed by atoms with Crippen molar-refractivity contribution in [1.82, 2.24) is 0 Å². The van der Waals surface area contributed by atoms with Crippen LogP contribution in [0.5, 0.6) is 0 Å². The molecule has 1 aromatic rings. The van der Waals surface area contributed by atoms with E-state index in [9.17, 15) is 14.0 Å². The van der Waals surface area contributed by atoms with Crippen molar-refractivity contribution in [3.63, 3.8) is 0 Å². The highest BCUT2D eigenvalue weighted by Crippen LogP contribution is 2.37. The summed E-state index contributed by atoms with van der Waals surface area (Å²) in [6.07, 6.45) is 0.884. The van der Waals surface area contributed by atoms with E-state index in [4.69, 9.17) is 4.74 Å². The summed E-state index contributed by atoms with van der Waals surface area (Å²) in [6, 6.07) is 5.71. The molecule has 0 bridgehead atoms. The first-order chi connectivity index (χ1) is 8.13. The van der Waals surface area contributed by atoms with Crippen LogP contribution in [-0.4, -0.2) is 18.9 Å². The van der Waals surface area contributed by atoms with Gasteiger partial charge in [0.05, 0.1) is 18.9 Å². The van der Waals surface area contributed by atoms with E-state index >= 15 is 0 Å². The first-order valence-electron chi connectivity index (χ1n) is 5.49. The average Bonchev–Trinajstić information content (AvgIpc) is 2.71. The quantitative estimate of drug-likeness (QED) is 0.738. The molecule has 2 rings (SSSR count).